The van der Waals surface area contributed by atoms with Crippen LogP contribution in [0.2, 0.25) is 0 Å². The first kappa shape index (κ1) is 31.0. The maximum absolute atomic E-state index is 14.1. The van der Waals surface area contributed by atoms with Gasteiger partial charge in [0.05, 0.1) is 43.5 Å². The number of hydrogen-bond donors (Lipinski definition) is 2. The summed E-state index contributed by atoms with van der Waals surface area (Å²) in [6, 6.07) is 15.5. The number of carbonyl (C=O) groups is 2. The number of amides is 1. The molecule has 232 valence electrons. The lowest BCUT2D eigenvalue weighted by Gasteiger charge is -2.27. The number of ether oxygens (including phenoxy) is 1. The van der Waals surface area contributed by atoms with Gasteiger partial charge in [-0.2, -0.15) is 0 Å². The number of nitrogens with two attached hydrogens (primary N) is 1. The molecule has 1 unspecified atom stereocenters. The standard InChI is InChI=1S/C29H20N6O10S/c1-45-29(38)23-22(16-5-3-7-20(14-16)35(43)44)24(26(36)31-17-8-10-18(11-9-17)33(39)40)28-32(25(23)30)27(37)21(46-28)13-15-4-2-6-19(12-15)34(41)42/h2-14,22H,30H2,1H3,(H,31,36)/b21-13+. The predicted octanol–water partition coefficient (Wildman–Crippen LogP) is 2.35. The van der Waals surface area contributed by atoms with Gasteiger partial charge in [0.15, 0.2) is 0 Å². The maximum Gasteiger partial charge on any atom is 0.338 e. The third-order valence-corrected chi connectivity index (χ3v) is 8.04. The topological polar surface area (TPSA) is 233 Å². The molecule has 0 bridgehead atoms. The summed E-state index contributed by atoms with van der Waals surface area (Å²) in [5, 5.41) is 36.7. The van der Waals surface area contributed by atoms with Gasteiger partial charge in [-0.15, -0.1) is 11.3 Å². The van der Waals surface area contributed by atoms with E-state index in [9.17, 15) is 44.7 Å². The van der Waals surface area contributed by atoms with Gasteiger partial charge in [0.2, 0.25) is 0 Å². The SMILES string of the molecule is COC(=O)C1=C(N)n2c(s/c(=C/c3cccc([N+](=O)[O-])c3)c2=O)=C(C(=O)Nc2ccc([N+](=O)[O-])cc2)C1c1cccc([N+](=O)[O-])c1. The first-order chi connectivity index (χ1) is 21.9. The van der Waals surface area contributed by atoms with Gasteiger partial charge in [0.25, 0.3) is 28.5 Å². The quantitative estimate of drug-likeness (QED) is 0.160. The molecule has 1 aliphatic rings. The smallest absolute Gasteiger partial charge is 0.338 e. The van der Waals surface area contributed by atoms with Crippen molar-refractivity contribution in [3.05, 3.63) is 139 Å². The van der Waals surface area contributed by atoms with Crippen molar-refractivity contribution in [2.45, 2.75) is 5.92 Å². The summed E-state index contributed by atoms with van der Waals surface area (Å²) in [6.45, 7) is 0. The van der Waals surface area contributed by atoms with Gasteiger partial charge >= 0.3 is 5.97 Å². The van der Waals surface area contributed by atoms with E-state index in [1.807, 2.05) is 0 Å². The maximum atomic E-state index is 14.1. The summed E-state index contributed by atoms with van der Waals surface area (Å²) < 4.78 is 5.84. The molecule has 0 saturated heterocycles. The monoisotopic (exact) mass is 644 g/mol. The number of rotatable bonds is 8. The van der Waals surface area contributed by atoms with Crippen LogP contribution in [0.4, 0.5) is 22.7 Å². The first-order valence-electron chi connectivity index (χ1n) is 13.0. The molecule has 46 heavy (non-hydrogen) atoms. The zero-order valence-corrected chi connectivity index (χ0v) is 24.3. The number of nitro groups is 3. The molecule has 3 aromatic carbocycles. The molecule has 2 heterocycles. The van der Waals surface area contributed by atoms with Crippen LogP contribution in [0.3, 0.4) is 0 Å². The molecular weight excluding hydrogens is 624 g/mol. The van der Waals surface area contributed by atoms with Gasteiger partial charge in [-0.05, 0) is 29.3 Å². The van der Waals surface area contributed by atoms with Crippen molar-refractivity contribution >= 4 is 63.4 Å². The van der Waals surface area contributed by atoms with Gasteiger partial charge in [0.1, 0.15) is 10.5 Å². The van der Waals surface area contributed by atoms with Crippen LogP contribution in [0.5, 0.6) is 0 Å². The Labute approximate surface area is 260 Å². The molecular formula is C29H20N6O10S. The van der Waals surface area contributed by atoms with E-state index in [-0.39, 0.29) is 54.2 Å². The Kier molecular flexibility index (Phi) is 8.24. The minimum Gasteiger partial charge on any atom is -0.466 e. The Morgan fingerprint density at radius 1 is 0.891 bits per heavy atom. The lowest BCUT2D eigenvalue weighted by atomic mass is 9.82. The summed E-state index contributed by atoms with van der Waals surface area (Å²) in [7, 11) is 1.05. The Morgan fingerprint density at radius 3 is 2.11 bits per heavy atom. The van der Waals surface area contributed by atoms with Crippen LogP contribution in [0.25, 0.3) is 17.5 Å². The van der Waals surface area contributed by atoms with E-state index in [0.29, 0.717) is 0 Å². The number of hydrogen-bond acceptors (Lipinski definition) is 12. The van der Waals surface area contributed by atoms with Crippen molar-refractivity contribution < 1.29 is 29.1 Å². The molecule has 4 aromatic rings. The molecule has 3 N–H and O–H groups in total. The number of nitrogens with zero attached hydrogens (tertiary/aromatic N) is 4. The van der Waals surface area contributed by atoms with Crippen LogP contribution < -0.4 is 25.8 Å². The summed E-state index contributed by atoms with van der Waals surface area (Å²) in [4.78, 5) is 73.2. The molecule has 0 aliphatic carbocycles. The van der Waals surface area contributed by atoms with Gasteiger partial charge < -0.3 is 15.8 Å². The number of benzene rings is 3. The number of thiazole rings is 1. The van der Waals surface area contributed by atoms with Crippen molar-refractivity contribution in [2.24, 2.45) is 5.73 Å². The highest BCUT2D eigenvalue weighted by Crippen LogP contribution is 2.38. The van der Waals surface area contributed by atoms with E-state index >= 15 is 0 Å². The normalized spacial score (nSPS) is 14.4. The number of nitrogens with one attached hydrogen (secondary N) is 1. The fourth-order valence-corrected chi connectivity index (χ4v) is 6.05. The fraction of sp³-hybridized carbons (Fsp3) is 0.0690. The molecule has 0 fully saturated rings. The average Bonchev–Trinajstić information content (AvgIpc) is 3.36. The number of carbonyl (C=O) groups excluding carboxylic acids is 2. The van der Waals surface area contributed by atoms with Crippen LogP contribution in [-0.4, -0.2) is 38.3 Å². The third-order valence-electron chi connectivity index (χ3n) is 6.93. The van der Waals surface area contributed by atoms with Crippen LogP contribution in [0.15, 0.2) is 83.2 Å². The summed E-state index contributed by atoms with van der Waals surface area (Å²) >= 11 is 0.796. The van der Waals surface area contributed by atoms with Gasteiger partial charge in [0, 0.05) is 42.1 Å². The second kappa shape index (κ2) is 12.2. The summed E-state index contributed by atoms with van der Waals surface area (Å²) in [5.41, 5.74) is 4.77. The Balaban J connectivity index is 1.83. The number of esters is 1. The Bertz CT molecular complexity index is 2190. The molecule has 0 radical (unpaired) electrons. The molecule has 0 saturated carbocycles. The lowest BCUT2D eigenvalue weighted by molar-refractivity contribution is -0.385. The Morgan fingerprint density at radius 2 is 1.50 bits per heavy atom. The predicted molar refractivity (Wildman–Crippen MR) is 165 cm³/mol. The molecule has 1 aromatic heterocycles. The molecule has 16 nitrogen and oxygen atoms in total. The van der Waals surface area contributed by atoms with Crippen LogP contribution in [-0.2, 0) is 14.3 Å². The minimum absolute atomic E-state index is 0.0111. The highest BCUT2D eigenvalue weighted by molar-refractivity contribution is 7.07. The second-order valence-electron chi connectivity index (χ2n) is 9.66. The number of nitro benzene ring substituents is 3. The molecule has 0 spiro atoms. The lowest BCUT2D eigenvalue weighted by Crippen LogP contribution is -2.42. The van der Waals surface area contributed by atoms with E-state index in [1.165, 1.54) is 60.7 Å². The van der Waals surface area contributed by atoms with Gasteiger partial charge in [-0.25, -0.2) is 4.79 Å². The van der Waals surface area contributed by atoms with Crippen molar-refractivity contribution in [1.29, 1.82) is 0 Å². The van der Waals surface area contributed by atoms with E-state index < -0.39 is 43.9 Å². The van der Waals surface area contributed by atoms with Crippen molar-refractivity contribution in [3.8, 4) is 0 Å². The largest absolute Gasteiger partial charge is 0.466 e. The molecule has 17 heteroatoms. The van der Waals surface area contributed by atoms with Crippen LogP contribution in [0, 0.1) is 30.3 Å². The molecule has 1 atom stereocenters. The molecule has 1 amide bonds. The van der Waals surface area contributed by atoms with Crippen molar-refractivity contribution in [3.63, 3.8) is 0 Å². The van der Waals surface area contributed by atoms with E-state index in [0.717, 1.165) is 41.2 Å². The first-order valence-corrected chi connectivity index (χ1v) is 13.8. The summed E-state index contributed by atoms with van der Waals surface area (Å²) in [5.74, 6) is -3.67. The number of methoxy groups -OCH3 is 1. The number of non-ortho nitro benzene ring substituents is 3. The highest BCUT2D eigenvalue weighted by Gasteiger charge is 2.39. The zero-order valence-electron chi connectivity index (χ0n) is 23.4. The molecule has 1 aliphatic heterocycles. The van der Waals surface area contributed by atoms with Crippen LogP contribution >= 0.6 is 11.3 Å². The average molecular weight is 645 g/mol. The Hall–Kier alpha value is -6.49. The number of fused-ring (bicyclic) bond motifs is 1. The molecule has 5 rings (SSSR count). The van der Waals surface area contributed by atoms with Crippen LogP contribution in [0.1, 0.15) is 17.0 Å². The zero-order chi connectivity index (χ0) is 33.3. The van der Waals surface area contributed by atoms with E-state index in [2.05, 4.69) is 5.32 Å². The summed E-state index contributed by atoms with van der Waals surface area (Å²) in [6.07, 6.45) is 1.35. The van der Waals surface area contributed by atoms with E-state index in [4.69, 9.17) is 10.5 Å². The van der Waals surface area contributed by atoms with Gasteiger partial charge in [-0.1, -0.05) is 24.3 Å². The third kappa shape index (κ3) is 5.72. The number of anilines is 1. The number of aromatic nitrogens is 1. The highest BCUT2D eigenvalue weighted by atomic mass is 32.1. The van der Waals surface area contributed by atoms with E-state index in [1.54, 1.807) is 0 Å². The van der Waals surface area contributed by atoms with Crippen molar-refractivity contribution in [2.75, 3.05) is 12.4 Å². The van der Waals surface area contributed by atoms with Gasteiger partial charge in [-0.3, -0.25) is 44.5 Å². The van der Waals surface area contributed by atoms with Crippen molar-refractivity contribution in [1.82, 2.24) is 4.57 Å². The fourth-order valence-electron chi connectivity index (χ4n) is 4.87. The minimum atomic E-state index is -1.38. The second-order valence-corrected chi connectivity index (χ2v) is 10.7.